The summed E-state index contributed by atoms with van der Waals surface area (Å²) in [6.07, 6.45) is 7.62. The van der Waals surface area contributed by atoms with Gasteiger partial charge in [0.25, 0.3) is 5.91 Å². The molecule has 1 aromatic carbocycles. The number of hydrogen-bond acceptors (Lipinski definition) is 5. The molecule has 2 aliphatic heterocycles. The summed E-state index contributed by atoms with van der Waals surface area (Å²) in [7, 11) is 1.56. The highest BCUT2D eigenvalue weighted by Crippen LogP contribution is 2.37. The molecule has 2 bridgehead atoms. The van der Waals surface area contributed by atoms with E-state index in [0.717, 1.165) is 24.8 Å². The fourth-order valence-electron chi connectivity index (χ4n) is 4.97. The Hall–Kier alpha value is -2.86. The summed E-state index contributed by atoms with van der Waals surface area (Å²) in [5.74, 6) is 0.498. The molecule has 0 saturated carbocycles. The molecule has 1 amide bonds. The monoisotopic (exact) mass is 391 g/mol. The van der Waals surface area contributed by atoms with Crippen molar-refractivity contribution in [3.8, 4) is 5.75 Å². The molecule has 2 fully saturated rings. The van der Waals surface area contributed by atoms with Crippen molar-refractivity contribution in [3.05, 3.63) is 60.1 Å². The van der Waals surface area contributed by atoms with Crippen molar-refractivity contribution in [3.63, 3.8) is 0 Å². The van der Waals surface area contributed by atoms with Crippen LogP contribution in [0.2, 0.25) is 0 Å². The summed E-state index contributed by atoms with van der Waals surface area (Å²) in [6.45, 7) is 0.987. The van der Waals surface area contributed by atoms with Crippen LogP contribution in [0.15, 0.2) is 53.2 Å². The maximum Gasteiger partial charge on any atom is 0.291 e. The van der Waals surface area contributed by atoms with Crippen LogP contribution in [0.5, 0.6) is 5.75 Å². The lowest BCUT2D eigenvalue weighted by atomic mass is 9.96. The number of pyridine rings is 1. The number of furan rings is 1. The zero-order chi connectivity index (χ0) is 19.8. The molecule has 0 aliphatic carbocycles. The molecule has 6 heteroatoms. The molecule has 2 unspecified atom stereocenters. The lowest BCUT2D eigenvalue weighted by Gasteiger charge is -2.39. The van der Waals surface area contributed by atoms with Crippen molar-refractivity contribution < 1.29 is 13.9 Å². The molecule has 2 aliphatic rings. The summed E-state index contributed by atoms with van der Waals surface area (Å²) in [4.78, 5) is 19.6. The number of amides is 1. The van der Waals surface area contributed by atoms with Crippen molar-refractivity contribution >= 4 is 16.9 Å². The van der Waals surface area contributed by atoms with Gasteiger partial charge < -0.3 is 14.5 Å². The average molecular weight is 391 g/mol. The Labute approximate surface area is 169 Å². The Bertz CT molecular complexity index is 1000. The van der Waals surface area contributed by atoms with Crippen molar-refractivity contribution in [1.29, 1.82) is 0 Å². The highest BCUT2D eigenvalue weighted by molar-refractivity contribution is 6.01. The fraction of sp³-hybridized carbons (Fsp3) is 0.391. The number of carbonyl (C=O) groups is 1. The summed E-state index contributed by atoms with van der Waals surface area (Å²) >= 11 is 0. The minimum atomic E-state index is -0.209. The lowest BCUT2D eigenvalue weighted by Crippen LogP contribution is -2.49. The average Bonchev–Trinajstić information content (AvgIpc) is 3.22. The van der Waals surface area contributed by atoms with E-state index in [1.807, 2.05) is 0 Å². The maximum atomic E-state index is 12.9. The maximum absolute atomic E-state index is 12.9. The molecule has 3 aromatic rings. The SMILES string of the molecule is COc1c(C(=O)NC2CC3CCC(C2)N3Cc2ccccc2)oc2cnccc12. The third kappa shape index (κ3) is 3.38. The van der Waals surface area contributed by atoms with Gasteiger partial charge >= 0.3 is 0 Å². The number of nitrogens with zero attached hydrogens (tertiary/aromatic N) is 2. The van der Waals surface area contributed by atoms with Gasteiger partial charge in [-0.05, 0) is 37.3 Å². The highest BCUT2D eigenvalue weighted by Gasteiger charge is 2.41. The van der Waals surface area contributed by atoms with Gasteiger partial charge in [0.15, 0.2) is 11.3 Å². The largest absolute Gasteiger partial charge is 0.492 e. The van der Waals surface area contributed by atoms with Gasteiger partial charge in [0, 0.05) is 30.9 Å². The highest BCUT2D eigenvalue weighted by atomic mass is 16.5. The van der Waals surface area contributed by atoms with Crippen molar-refractivity contribution in [2.45, 2.75) is 50.4 Å². The van der Waals surface area contributed by atoms with Crippen molar-refractivity contribution in [2.75, 3.05) is 7.11 Å². The van der Waals surface area contributed by atoms with Gasteiger partial charge in [0.2, 0.25) is 5.76 Å². The Kier molecular flexibility index (Phi) is 4.72. The lowest BCUT2D eigenvalue weighted by molar-refractivity contribution is 0.0803. The number of hydrogen-bond donors (Lipinski definition) is 1. The molecule has 0 spiro atoms. The van der Waals surface area contributed by atoms with Crippen LogP contribution in [0.25, 0.3) is 11.0 Å². The van der Waals surface area contributed by atoms with E-state index in [1.54, 1.807) is 25.6 Å². The number of ether oxygens (including phenoxy) is 1. The van der Waals surface area contributed by atoms with Gasteiger partial charge in [-0.2, -0.15) is 0 Å². The van der Waals surface area contributed by atoms with Crippen LogP contribution in [-0.2, 0) is 6.54 Å². The van der Waals surface area contributed by atoms with E-state index in [0.29, 0.717) is 23.4 Å². The number of rotatable bonds is 5. The van der Waals surface area contributed by atoms with E-state index in [4.69, 9.17) is 9.15 Å². The molecular weight excluding hydrogens is 366 g/mol. The van der Waals surface area contributed by atoms with Gasteiger partial charge in [0.1, 0.15) is 0 Å². The molecule has 2 saturated heterocycles. The van der Waals surface area contributed by atoms with Crippen LogP contribution >= 0.6 is 0 Å². The van der Waals surface area contributed by atoms with E-state index in [2.05, 4.69) is 45.5 Å². The number of benzene rings is 1. The number of piperidine rings is 1. The smallest absolute Gasteiger partial charge is 0.291 e. The van der Waals surface area contributed by atoms with Gasteiger partial charge in [-0.25, -0.2) is 0 Å². The summed E-state index contributed by atoms with van der Waals surface area (Å²) in [5, 5.41) is 3.97. The number of carbonyl (C=O) groups excluding carboxylic acids is 1. The minimum absolute atomic E-state index is 0.156. The molecule has 0 radical (unpaired) electrons. The van der Waals surface area contributed by atoms with Gasteiger partial charge in [0.05, 0.1) is 18.7 Å². The summed E-state index contributed by atoms with van der Waals surface area (Å²) < 4.78 is 11.2. The van der Waals surface area contributed by atoms with Gasteiger partial charge in [-0.3, -0.25) is 14.7 Å². The Balaban J connectivity index is 1.29. The van der Waals surface area contributed by atoms with E-state index in [9.17, 15) is 4.79 Å². The molecule has 2 atom stereocenters. The van der Waals surface area contributed by atoms with Crippen LogP contribution in [-0.4, -0.2) is 41.0 Å². The summed E-state index contributed by atoms with van der Waals surface area (Å²) in [6, 6.07) is 13.6. The van der Waals surface area contributed by atoms with Crippen LogP contribution < -0.4 is 10.1 Å². The Morgan fingerprint density at radius 1 is 1.21 bits per heavy atom. The molecule has 29 heavy (non-hydrogen) atoms. The standard InChI is InChI=1S/C23H25N3O3/c1-28-21-19-9-10-24-13-20(19)29-22(21)23(27)25-16-11-17-7-8-18(12-16)26(17)14-15-5-3-2-4-6-15/h2-6,9-10,13,16-18H,7-8,11-12,14H2,1H3,(H,25,27). The first-order valence-corrected chi connectivity index (χ1v) is 10.2. The number of aromatic nitrogens is 1. The van der Waals surface area contributed by atoms with Crippen LogP contribution in [0.3, 0.4) is 0 Å². The van der Waals surface area contributed by atoms with E-state index in [1.165, 1.54) is 18.4 Å². The molecule has 6 nitrogen and oxygen atoms in total. The minimum Gasteiger partial charge on any atom is -0.492 e. The van der Waals surface area contributed by atoms with E-state index in [-0.39, 0.29) is 17.7 Å². The molecule has 5 rings (SSSR count). The predicted octanol–water partition coefficient (Wildman–Crippen LogP) is 3.76. The fourth-order valence-corrected chi connectivity index (χ4v) is 4.97. The number of nitrogens with one attached hydrogen (secondary N) is 1. The Morgan fingerprint density at radius 3 is 2.69 bits per heavy atom. The molecule has 150 valence electrons. The normalized spacial score (nSPS) is 24.0. The molecule has 2 aromatic heterocycles. The Morgan fingerprint density at radius 2 is 1.97 bits per heavy atom. The second-order valence-electron chi connectivity index (χ2n) is 8.02. The molecular formula is C23H25N3O3. The van der Waals surface area contributed by atoms with Crippen LogP contribution in [0.4, 0.5) is 0 Å². The van der Waals surface area contributed by atoms with Gasteiger partial charge in [-0.15, -0.1) is 0 Å². The zero-order valence-corrected chi connectivity index (χ0v) is 16.5. The van der Waals surface area contributed by atoms with Crippen LogP contribution in [0, 0.1) is 0 Å². The summed E-state index contributed by atoms with van der Waals surface area (Å²) in [5.41, 5.74) is 1.92. The quantitative estimate of drug-likeness (QED) is 0.717. The third-order valence-electron chi connectivity index (χ3n) is 6.29. The van der Waals surface area contributed by atoms with E-state index < -0.39 is 0 Å². The number of fused-ring (bicyclic) bond motifs is 3. The zero-order valence-electron chi connectivity index (χ0n) is 16.5. The topological polar surface area (TPSA) is 67.6 Å². The second-order valence-corrected chi connectivity index (χ2v) is 8.02. The van der Waals surface area contributed by atoms with Gasteiger partial charge in [-0.1, -0.05) is 30.3 Å². The third-order valence-corrected chi connectivity index (χ3v) is 6.29. The van der Waals surface area contributed by atoms with Crippen molar-refractivity contribution in [1.82, 2.24) is 15.2 Å². The predicted molar refractivity (Wildman–Crippen MR) is 110 cm³/mol. The first-order valence-electron chi connectivity index (χ1n) is 10.2. The van der Waals surface area contributed by atoms with Crippen molar-refractivity contribution in [2.24, 2.45) is 0 Å². The first kappa shape index (κ1) is 18.2. The molecule has 1 N–H and O–H groups in total. The second kappa shape index (κ2) is 7.52. The molecule has 4 heterocycles. The van der Waals surface area contributed by atoms with E-state index >= 15 is 0 Å². The first-order chi connectivity index (χ1) is 14.2. The van der Waals surface area contributed by atoms with Crippen LogP contribution in [0.1, 0.15) is 41.8 Å². The number of methoxy groups -OCH3 is 1.